The number of sulfone groups is 1. The summed E-state index contributed by atoms with van der Waals surface area (Å²) in [5.41, 5.74) is 5.14. The van der Waals surface area contributed by atoms with Crippen molar-refractivity contribution in [3.63, 3.8) is 0 Å². The Labute approximate surface area is 83.2 Å². The molecule has 0 aromatic carbocycles. The third-order valence-electron chi connectivity index (χ3n) is 2.61. The van der Waals surface area contributed by atoms with Crippen molar-refractivity contribution in [3.05, 3.63) is 0 Å². The smallest absolute Gasteiger partial charge is 0.336 e. The number of carboxylic acids is 1. The Morgan fingerprint density at radius 3 is 2.21 bits per heavy atom. The first kappa shape index (κ1) is 11.5. The van der Waals surface area contributed by atoms with E-state index < -0.39 is 26.4 Å². The van der Waals surface area contributed by atoms with Gasteiger partial charge in [-0.05, 0) is 12.8 Å². The van der Waals surface area contributed by atoms with Crippen molar-refractivity contribution >= 4 is 15.8 Å². The summed E-state index contributed by atoms with van der Waals surface area (Å²) in [5.74, 6) is -1.46. The highest BCUT2D eigenvalue weighted by molar-refractivity contribution is 7.93. The number of carbonyl (C=O) groups is 1. The van der Waals surface area contributed by atoms with Crippen molar-refractivity contribution in [2.45, 2.75) is 42.7 Å². The molecule has 1 saturated carbocycles. The number of carboxylic acid groups (broad SMARTS) is 1. The molecule has 0 radical (unpaired) electrons. The molecular weight excluding hydrogens is 206 g/mol. The summed E-state index contributed by atoms with van der Waals surface area (Å²) in [6.07, 6.45) is 3.80. The lowest BCUT2D eigenvalue weighted by Gasteiger charge is -2.23. The van der Waals surface area contributed by atoms with Crippen molar-refractivity contribution in [1.29, 1.82) is 0 Å². The van der Waals surface area contributed by atoms with Crippen molar-refractivity contribution in [2.24, 2.45) is 5.73 Å². The lowest BCUT2D eigenvalue weighted by Crippen LogP contribution is -2.44. The highest BCUT2D eigenvalue weighted by Crippen LogP contribution is 2.25. The van der Waals surface area contributed by atoms with Gasteiger partial charge in [0.2, 0.25) is 5.37 Å². The van der Waals surface area contributed by atoms with Gasteiger partial charge in [0, 0.05) is 0 Å². The second-order valence-electron chi connectivity index (χ2n) is 3.61. The largest absolute Gasteiger partial charge is 0.479 e. The van der Waals surface area contributed by atoms with E-state index in [4.69, 9.17) is 10.8 Å². The highest BCUT2D eigenvalue weighted by Gasteiger charge is 2.36. The standard InChI is InChI=1S/C8H15NO4S/c9-7(8(10)11)14(12,13)6-4-2-1-3-5-6/h6-7H,1-5,9H2,(H,10,11). The minimum Gasteiger partial charge on any atom is -0.479 e. The minimum absolute atomic E-state index is 0.545. The second-order valence-corrected chi connectivity index (χ2v) is 5.96. The zero-order valence-electron chi connectivity index (χ0n) is 7.85. The van der Waals surface area contributed by atoms with Gasteiger partial charge in [-0.2, -0.15) is 0 Å². The fourth-order valence-corrected chi connectivity index (χ4v) is 3.43. The molecule has 0 bridgehead atoms. The van der Waals surface area contributed by atoms with Gasteiger partial charge in [0.1, 0.15) is 0 Å². The second kappa shape index (κ2) is 4.27. The van der Waals surface area contributed by atoms with Gasteiger partial charge < -0.3 is 10.8 Å². The predicted molar refractivity (Wildman–Crippen MR) is 51.4 cm³/mol. The molecule has 3 N–H and O–H groups in total. The first-order chi connectivity index (χ1) is 6.46. The number of nitrogens with two attached hydrogens (primary N) is 1. The van der Waals surface area contributed by atoms with Crippen LogP contribution in [0.15, 0.2) is 0 Å². The van der Waals surface area contributed by atoms with E-state index in [9.17, 15) is 13.2 Å². The van der Waals surface area contributed by atoms with Gasteiger partial charge in [0.25, 0.3) is 0 Å². The van der Waals surface area contributed by atoms with E-state index in [1.54, 1.807) is 0 Å². The quantitative estimate of drug-likeness (QED) is 0.704. The van der Waals surface area contributed by atoms with Crippen LogP contribution in [0.25, 0.3) is 0 Å². The van der Waals surface area contributed by atoms with E-state index >= 15 is 0 Å². The van der Waals surface area contributed by atoms with Crippen molar-refractivity contribution < 1.29 is 18.3 Å². The topological polar surface area (TPSA) is 97.5 Å². The summed E-state index contributed by atoms with van der Waals surface area (Å²) >= 11 is 0. The third-order valence-corrected chi connectivity index (χ3v) is 4.92. The predicted octanol–water partition coefficient (Wildman–Crippen LogP) is 0.103. The van der Waals surface area contributed by atoms with Gasteiger partial charge in [-0.3, -0.25) is 0 Å². The molecule has 0 aromatic rings. The molecule has 0 aliphatic heterocycles. The lowest BCUT2D eigenvalue weighted by atomic mass is 10.0. The van der Waals surface area contributed by atoms with E-state index in [2.05, 4.69) is 0 Å². The van der Waals surface area contributed by atoms with Crippen LogP contribution in [0.5, 0.6) is 0 Å². The van der Waals surface area contributed by atoms with E-state index in [0.717, 1.165) is 19.3 Å². The van der Waals surface area contributed by atoms with Crippen LogP contribution >= 0.6 is 0 Å². The molecule has 0 saturated heterocycles. The molecule has 1 fully saturated rings. The maximum atomic E-state index is 11.6. The van der Waals surface area contributed by atoms with E-state index in [1.807, 2.05) is 0 Å². The first-order valence-electron chi connectivity index (χ1n) is 4.67. The maximum absolute atomic E-state index is 11.6. The Bertz CT molecular complexity index is 305. The van der Waals surface area contributed by atoms with Crippen LogP contribution < -0.4 is 5.73 Å². The van der Waals surface area contributed by atoms with Crippen LogP contribution in [0.1, 0.15) is 32.1 Å². The average Bonchev–Trinajstić information content (AvgIpc) is 2.18. The average molecular weight is 221 g/mol. The van der Waals surface area contributed by atoms with Crippen LogP contribution in [-0.2, 0) is 14.6 Å². The van der Waals surface area contributed by atoms with Gasteiger partial charge in [0.05, 0.1) is 5.25 Å². The highest BCUT2D eigenvalue weighted by atomic mass is 32.2. The minimum atomic E-state index is -3.68. The van der Waals surface area contributed by atoms with Gasteiger partial charge in [-0.1, -0.05) is 19.3 Å². The molecule has 0 amide bonds. The summed E-state index contributed by atoms with van der Waals surface area (Å²) in [4.78, 5) is 10.5. The summed E-state index contributed by atoms with van der Waals surface area (Å²) in [7, 11) is -3.68. The van der Waals surface area contributed by atoms with Crippen LogP contribution in [0.2, 0.25) is 0 Å². The monoisotopic (exact) mass is 221 g/mol. The summed E-state index contributed by atoms with van der Waals surface area (Å²) in [5, 5.41) is 6.23. The van der Waals surface area contributed by atoms with Crippen LogP contribution in [0.3, 0.4) is 0 Å². The molecule has 82 valence electrons. The maximum Gasteiger partial charge on any atom is 0.336 e. The zero-order valence-corrected chi connectivity index (χ0v) is 8.66. The zero-order chi connectivity index (χ0) is 10.8. The number of hydrogen-bond acceptors (Lipinski definition) is 4. The molecule has 1 unspecified atom stereocenters. The Morgan fingerprint density at radius 2 is 1.79 bits per heavy atom. The summed E-state index contributed by atoms with van der Waals surface area (Å²) in [6, 6.07) is 0. The fraction of sp³-hybridized carbons (Fsp3) is 0.875. The van der Waals surface area contributed by atoms with Crippen molar-refractivity contribution in [2.75, 3.05) is 0 Å². The van der Waals surface area contributed by atoms with Crippen molar-refractivity contribution in [3.8, 4) is 0 Å². The van der Waals surface area contributed by atoms with Crippen LogP contribution in [0, 0.1) is 0 Å². The molecule has 0 spiro atoms. The number of aliphatic carboxylic acids is 1. The van der Waals surface area contributed by atoms with Crippen LogP contribution in [-0.4, -0.2) is 30.1 Å². The molecule has 14 heavy (non-hydrogen) atoms. The molecule has 5 nitrogen and oxygen atoms in total. The molecular formula is C8H15NO4S. The van der Waals surface area contributed by atoms with Gasteiger partial charge >= 0.3 is 5.97 Å². The van der Waals surface area contributed by atoms with Crippen LogP contribution in [0.4, 0.5) is 0 Å². The van der Waals surface area contributed by atoms with Gasteiger partial charge in [-0.15, -0.1) is 0 Å². The molecule has 0 heterocycles. The van der Waals surface area contributed by atoms with E-state index in [0.29, 0.717) is 12.8 Å². The van der Waals surface area contributed by atoms with Gasteiger partial charge in [0.15, 0.2) is 9.84 Å². The fourth-order valence-electron chi connectivity index (χ4n) is 1.74. The third kappa shape index (κ3) is 2.24. The Hall–Kier alpha value is -0.620. The molecule has 1 aliphatic rings. The molecule has 1 atom stereocenters. The number of rotatable bonds is 3. The molecule has 6 heteroatoms. The lowest BCUT2D eigenvalue weighted by molar-refractivity contribution is -0.136. The molecule has 1 aliphatic carbocycles. The normalized spacial score (nSPS) is 21.8. The van der Waals surface area contributed by atoms with E-state index in [-0.39, 0.29) is 0 Å². The first-order valence-corrected chi connectivity index (χ1v) is 6.28. The molecule has 1 rings (SSSR count). The van der Waals surface area contributed by atoms with Crippen molar-refractivity contribution in [1.82, 2.24) is 0 Å². The Morgan fingerprint density at radius 1 is 1.29 bits per heavy atom. The molecule has 0 aromatic heterocycles. The SMILES string of the molecule is NC(C(=O)O)S(=O)(=O)C1CCCCC1. The summed E-state index contributed by atoms with van der Waals surface area (Å²) in [6.45, 7) is 0. The Kier molecular flexibility index (Phi) is 3.49. The number of hydrogen-bond donors (Lipinski definition) is 2. The Balaban J connectivity index is 2.78. The van der Waals surface area contributed by atoms with E-state index in [1.165, 1.54) is 0 Å². The van der Waals surface area contributed by atoms with Gasteiger partial charge in [-0.25, -0.2) is 13.2 Å². The summed E-state index contributed by atoms with van der Waals surface area (Å²) < 4.78 is 23.2.